The van der Waals surface area contributed by atoms with Crippen LogP contribution in [0.2, 0.25) is 0 Å². The molecule has 0 atom stereocenters. The zero-order valence-electron chi connectivity index (χ0n) is 12.9. The van der Waals surface area contributed by atoms with Crippen LogP contribution in [0.3, 0.4) is 0 Å². The minimum Gasteiger partial charge on any atom is -0.340 e. The van der Waals surface area contributed by atoms with Gasteiger partial charge in [-0.1, -0.05) is 12.1 Å². The van der Waals surface area contributed by atoms with E-state index in [-0.39, 0.29) is 5.75 Å². The molecule has 0 aliphatic heterocycles. The molecule has 1 aromatic carbocycles. The van der Waals surface area contributed by atoms with E-state index >= 15 is 0 Å². The lowest BCUT2D eigenvalue weighted by molar-refractivity contribution is 0.601. The molecule has 7 nitrogen and oxygen atoms in total. The van der Waals surface area contributed by atoms with Crippen molar-refractivity contribution < 1.29 is 8.42 Å². The lowest BCUT2D eigenvalue weighted by Crippen LogP contribution is -2.06. The lowest BCUT2D eigenvalue weighted by Gasteiger charge is -2.09. The minimum absolute atomic E-state index is 0.156. The van der Waals surface area contributed by atoms with Crippen molar-refractivity contribution in [3.05, 3.63) is 47.9 Å². The standard InChI is InChI=1S/C15H17N5O2S/c1-11-9-14(20-15(18-11)16-10-17-20)19-13-5-3-12(4-6-13)7-8-23(2,21)22/h3-6,9-10,19H,7-8H2,1-2H3. The van der Waals surface area contributed by atoms with Crippen LogP contribution >= 0.6 is 0 Å². The number of aryl methyl sites for hydroxylation is 2. The monoisotopic (exact) mass is 331 g/mol. The number of anilines is 2. The second-order valence-electron chi connectivity index (χ2n) is 5.46. The molecule has 0 aliphatic rings. The Bertz CT molecular complexity index is 932. The number of nitrogens with zero attached hydrogens (tertiary/aromatic N) is 4. The molecule has 8 heteroatoms. The highest BCUT2D eigenvalue weighted by molar-refractivity contribution is 7.90. The van der Waals surface area contributed by atoms with E-state index in [2.05, 4.69) is 20.4 Å². The fraction of sp³-hybridized carbons (Fsp3) is 0.267. The van der Waals surface area contributed by atoms with Gasteiger partial charge in [0.15, 0.2) is 0 Å². The summed E-state index contributed by atoms with van der Waals surface area (Å²) in [6.45, 7) is 1.90. The van der Waals surface area contributed by atoms with Gasteiger partial charge in [0.2, 0.25) is 0 Å². The normalized spacial score (nSPS) is 11.7. The summed E-state index contributed by atoms with van der Waals surface area (Å²) < 4.78 is 24.0. The van der Waals surface area contributed by atoms with Crippen LogP contribution in [0.1, 0.15) is 11.3 Å². The number of hydrogen-bond donors (Lipinski definition) is 1. The van der Waals surface area contributed by atoms with Gasteiger partial charge in [0.05, 0.1) is 5.75 Å². The Balaban J connectivity index is 1.78. The van der Waals surface area contributed by atoms with E-state index in [0.717, 1.165) is 22.8 Å². The van der Waals surface area contributed by atoms with Crippen molar-refractivity contribution in [3.63, 3.8) is 0 Å². The summed E-state index contributed by atoms with van der Waals surface area (Å²) in [4.78, 5) is 8.38. The fourth-order valence-corrected chi connectivity index (χ4v) is 2.83. The minimum atomic E-state index is -2.94. The number of benzene rings is 1. The van der Waals surface area contributed by atoms with E-state index < -0.39 is 9.84 Å². The molecule has 0 fully saturated rings. The van der Waals surface area contributed by atoms with Gasteiger partial charge in [-0.25, -0.2) is 13.4 Å². The third-order valence-electron chi connectivity index (χ3n) is 3.37. The van der Waals surface area contributed by atoms with E-state index in [1.165, 1.54) is 12.6 Å². The summed E-state index contributed by atoms with van der Waals surface area (Å²) in [5, 5.41) is 7.42. The molecule has 0 amide bonds. The maximum absolute atomic E-state index is 11.2. The Labute approximate surface area is 134 Å². The first-order valence-corrected chi connectivity index (χ1v) is 9.18. The van der Waals surface area contributed by atoms with Crippen LogP contribution < -0.4 is 5.32 Å². The second kappa shape index (κ2) is 5.96. The highest BCUT2D eigenvalue weighted by atomic mass is 32.2. The van der Waals surface area contributed by atoms with Crippen molar-refractivity contribution in [1.29, 1.82) is 0 Å². The van der Waals surface area contributed by atoms with Crippen molar-refractivity contribution in [2.24, 2.45) is 0 Å². The molecule has 0 radical (unpaired) electrons. The van der Waals surface area contributed by atoms with E-state index in [0.29, 0.717) is 12.2 Å². The molecule has 2 heterocycles. The first-order valence-electron chi connectivity index (χ1n) is 7.12. The molecule has 120 valence electrons. The number of nitrogens with one attached hydrogen (secondary N) is 1. The van der Waals surface area contributed by atoms with E-state index in [4.69, 9.17) is 0 Å². The number of rotatable bonds is 5. The summed E-state index contributed by atoms with van der Waals surface area (Å²) in [6, 6.07) is 9.55. The van der Waals surface area contributed by atoms with Crippen LogP contribution in [0.4, 0.5) is 11.5 Å². The van der Waals surface area contributed by atoms with Crippen LogP contribution in [0.25, 0.3) is 5.78 Å². The van der Waals surface area contributed by atoms with E-state index in [1.807, 2.05) is 37.3 Å². The molecule has 0 bridgehead atoms. The van der Waals surface area contributed by atoms with Gasteiger partial charge in [-0.15, -0.1) is 0 Å². The highest BCUT2D eigenvalue weighted by Crippen LogP contribution is 2.18. The first kappa shape index (κ1) is 15.4. The van der Waals surface area contributed by atoms with Crippen molar-refractivity contribution >= 4 is 27.1 Å². The quantitative estimate of drug-likeness (QED) is 0.766. The van der Waals surface area contributed by atoms with Gasteiger partial charge in [0, 0.05) is 23.7 Å². The number of aromatic nitrogens is 4. The molecule has 0 aliphatic carbocycles. The van der Waals surface area contributed by atoms with Gasteiger partial charge in [-0.3, -0.25) is 0 Å². The molecular formula is C15H17N5O2S. The van der Waals surface area contributed by atoms with Crippen LogP contribution in [-0.2, 0) is 16.3 Å². The van der Waals surface area contributed by atoms with Gasteiger partial charge >= 0.3 is 0 Å². The summed E-state index contributed by atoms with van der Waals surface area (Å²) in [7, 11) is -2.94. The average Bonchev–Trinajstić information content (AvgIpc) is 2.94. The summed E-state index contributed by atoms with van der Waals surface area (Å²) in [6.07, 6.45) is 3.22. The van der Waals surface area contributed by atoms with E-state index in [1.54, 1.807) is 4.52 Å². The third-order valence-corrected chi connectivity index (χ3v) is 4.31. The molecule has 0 saturated carbocycles. The van der Waals surface area contributed by atoms with Crippen LogP contribution in [-0.4, -0.2) is 40.0 Å². The first-order chi connectivity index (χ1) is 10.9. The Morgan fingerprint density at radius 2 is 1.96 bits per heavy atom. The third kappa shape index (κ3) is 3.84. The smallest absolute Gasteiger partial charge is 0.254 e. The molecule has 3 rings (SSSR count). The van der Waals surface area contributed by atoms with Crippen molar-refractivity contribution in [2.45, 2.75) is 13.3 Å². The molecule has 3 aromatic rings. The van der Waals surface area contributed by atoms with E-state index in [9.17, 15) is 8.42 Å². The Hall–Kier alpha value is -2.48. The van der Waals surface area contributed by atoms with Gasteiger partial charge in [-0.2, -0.15) is 14.6 Å². The summed E-state index contributed by atoms with van der Waals surface area (Å²) in [5.41, 5.74) is 2.71. The predicted octanol–water partition coefficient (Wildman–Crippen LogP) is 1.76. The van der Waals surface area contributed by atoms with Crippen LogP contribution in [0.15, 0.2) is 36.7 Å². The Morgan fingerprint density at radius 1 is 1.22 bits per heavy atom. The molecule has 2 aromatic heterocycles. The molecular weight excluding hydrogens is 314 g/mol. The molecule has 1 N–H and O–H groups in total. The zero-order valence-corrected chi connectivity index (χ0v) is 13.7. The maximum Gasteiger partial charge on any atom is 0.254 e. The average molecular weight is 331 g/mol. The molecule has 0 unspecified atom stereocenters. The topological polar surface area (TPSA) is 89.2 Å². The predicted molar refractivity (Wildman–Crippen MR) is 88.7 cm³/mol. The Kier molecular flexibility index (Phi) is 3.99. The van der Waals surface area contributed by atoms with Crippen molar-refractivity contribution in [1.82, 2.24) is 19.6 Å². The van der Waals surface area contributed by atoms with Crippen LogP contribution in [0.5, 0.6) is 0 Å². The molecule has 0 spiro atoms. The second-order valence-corrected chi connectivity index (χ2v) is 7.72. The van der Waals surface area contributed by atoms with Gasteiger partial charge in [0.1, 0.15) is 22.0 Å². The van der Waals surface area contributed by atoms with Gasteiger partial charge in [0.25, 0.3) is 5.78 Å². The van der Waals surface area contributed by atoms with Crippen LogP contribution in [0, 0.1) is 6.92 Å². The fourth-order valence-electron chi connectivity index (χ4n) is 2.23. The number of hydrogen-bond acceptors (Lipinski definition) is 6. The SMILES string of the molecule is Cc1cc(Nc2ccc(CCS(C)(=O)=O)cc2)n2ncnc2n1. The Morgan fingerprint density at radius 3 is 2.65 bits per heavy atom. The lowest BCUT2D eigenvalue weighted by atomic mass is 10.1. The molecule has 0 saturated heterocycles. The maximum atomic E-state index is 11.2. The number of fused-ring (bicyclic) bond motifs is 1. The summed E-state index contributed by atoms with van der Waals surface area (Å²) in [5.74, 6) is 1.47. The zero-order chi connectivity index (χ0) is 16.4. The summed E-state index contributed by atoms with van der Waals surface area (Å²) >= 11 is 0. The van der Waals surface area contributed by atoms with Crippen molar-refractivity contribution in [3.8, 4) is 0 Å². The highest BCUT2D eigenvalue weighted by Gasteiger charge is 2.07. The van der Waals surface area contributed by atoms with Gasteiger partial charge < -0.3 is 5.32 Å². The molecule has 23 heavy (non-hydrogen) atoms. The van der Waals surface area contributed by atoms with Gasteiger partial charge in [-0.05, 0) is 31.0 Å². The largest absolute Gasteiger partial charge is 0.340 e. The van der Waals surface area contributed by atoms with Crippen molar-refractivity contribution in [2.75, 3.05) is 17.3 Å². The number of sulfone groups is 1.